The molecule has 1 aromatic heterocycles. The highest BCUT2D eigenvalue weighted by Gasteiger charge is 2.11. The molecular formula is C21H20N2O4. The number of aromatic nitrogens is 2. The van der Waals surface area contributed by atoms with E-state index in [1.54, 1.807) is 30.3 Å². The van der Waals surface area contributed by atoms with Crippen LogP contribution in [-0.2, 0) is 22.5 Å². The lowest BCUT2D eigenvalue weighted by Gasteiger charge is -2.07. The second kappa shape index (κ2) is 8.40. The van der Waals surface area contributed by atoms with E-state index in [0.29, 0.717) is 16.5 Å². The van der Waals surface area contributed by atoms with Crippen LogP contribution < -0.4 is 5.56 Å². The summed E-state index contributed by atoms with van der Waals surface area (Å²) in [6, 6.07) is 14.3. The molecule has 0 unspecified atom stereocenters. The van der Waals surface area contributed by atoms with E-state index in [2.05, 4.69) is 4.98 Å². The maximum Gasteiger partial charge on any atom is 0.308 e. The molecule has 3 aromatic rings. The molecule has 0 aliphatic heterocycles. The van der Waals surface area contributed by atoms with Crippen molar-refractivity contribution in [2.45, 2.75) is 26.3 Å². The van der Waals surface area contributed by atoms with Gasteiger partial charge in [0, 0.05) is 12.1 Å². The van der Waals surface area contributed by atoms with Crippen LogP contribution in [0.25, 0.3) is 10.9 Å². The predicted octanol–water partition coefficient (Wildman–Crippen LogP) is 2.78. The Balaban J connectivity index is 1.54. The van der Waals surface area contributed by atoms with E-state index in [1.807, 2.05) is 25.1 Å². The Morgan fingerprint density at radius 1 is 1.07 bits per heavy atom. The average molecular weight is 364 g/mol. The summed E-state index contributed by atoms with van der Waals surface area (Å²) in [5.74, 6) is -0.788. The minimum atomic E-state index is -0.534. The number of ketones is 1. The summed E-state index contributed by atoms with van der Waals surface area (Å²) in [6.45, 7) is 1.87. The number of hydrogen-bond acceptors (Lipinski definition) is 5. The predicted molar refractivity (Wildman–Crippen MR) is 102 cm³/mol. The smallest absolute Gasteiger partial charge is 0.308 e. The number of nitrogens with zero attached hydrogens (tertiary/aromatic N) is 2. The fourth-order valence-electron chi connectivity index (χ4n) is 2.71. The molecule has 27 heavy (non-hydrogen) atoms. The highest BCUT2D eigenvalue weighted by Crippen LogP contribution is 2.07. The molecule has 6 nitrogen and oxygen atoms in total. The van der Waals surface area contributed by atoms with Gasteiger partial charge in [0.05, 0.1) is 23.7 Å². The maximum atomic E-state index is 12.4. The lowest BCUT2D eigenvalue weighted by atomic mass is 10.1. The quantitative estimate of drug-likeness (QED) is 0.476. The minimum absolute atomic E-state index is 0.0119. The first-order chi connectivity index (χ1) is 13.1. The van der Waals surface area contributed by atoms with E-state index < -0.39 is 5.97 Å². The molecule has 0 radical (unpaired) electrons. The third kappa shape index (κ3) is 4.47. The Kier molecular flexibility index (Phi) is 5.76. The number of Topliss-reactive ketones (excluding diaryl/α,β-unsaturated/α-hetero) is 1. The van der Waals surface area contributed by atoms with Gasteiger partial charge in [0.25, 0.3) is 5.56 Å². The van der Waals surface area contributed by atoms with Crippen molar-refractivity contribution in [3.05, 3.63) is 76.3 Å². The number of aryl methyl sites for hydroxylation is 2. The van der Waals surface area contributed by atoms with Gasteiger partial charge in [-0.3, -0.25) is 19.0 Å². The van der Waals surface area contributed by atoms with Gasteiger partial charge < -0.3 is 4.74 Å². The van der Waals surface area contributed by atoms with Crippen molar-refractivity contribution in [1.82, 2.24) is 9.55 Å². The van der Waals surface area contributed by atoms with Gasteiger partial charge in [-0.2, -0.15) is 0 Å². The number of fused-ring (bicyclic) bond motifs is 1. The van der Waals surface area contributed by atoms with Gasteiger partial charge in [-0.15, -0.1) is 0 Å². The third-order valence-corrected chi connectivity index (χ3v) is 4.34. The summed E-state index contributed by atoms with van der Waals surface area (Å²) in [4.78, 5) is 40.6. The van der Waals surface area contributed by atoms with Crippen molar-refractivity contribution in [3.8, 4) is 0 Å². The zero-order chi connectivity index (χ0) is 19.2. The molecule has 0 aliphatic rings. The van der Waals surface area contributed by atoms with Crippen molar-refractivity contribution in [2.24, 2.45) is 0 Å². The first-order valence-electron chi connectivity index (χ1n) is 8.80. The number of benzene rings is 2. The molecule has 6 heteroatoms. The van der Waals surface area contributed by atoms with Crippen LogP contribution in [0.4, 0.5) is 0 Å². The minimum Gasteiger partial charge on any atom is -0.457 e. The normalized spacial score (nSPS) is 10.7. The number of para-hydroxylation sites is 1. The third-order valence-electron chi connectivity index (χ3n) is 4.34. The molecule has 0 bridgehead atoms. The van der Waals surface area contributed by atoms with Gasteiger partial charge in [-0.05, 0) is 24.1 Å². The van der Waals surface area contributed by atoms with E-state index in [9.17, 15) is 14.4 Å². The first-order valence-corrected chi connectivity index (χ1v) is 8.80. The summed E-state index contributed by atoms with van der Waals surface area (Å²) in [5.41, 5.74) is 2.05. The Morgan fingerprint density at radius 3 is 2.56 bits per heavy atom. The highest BCUT2D eigenvalue weighted by molar-refractivity contribution is 5.97. The molecule has 3 rings (SSSR count). The molecule has 0 amide bonds. The van der Waals surface area contributed by atoms with Crippen LogP contribution in [0.5, 0.6) is 0 Å². The van der Waals surface area contributed by atoms with Crippen molar-refractivity contribution < 1.29 is 14.3 Å². The molecule has 1 heterocycles. The maximum absolute atomic E-state index is 12.4. The second-order valence-electron chi connectivity index (χ2n) is 6.14. The molecule has 2 aromatic carbocycles. The summed E-state index contributed by atoms with van der Waals surface area (Å²) in [5, 5.41) is 0.499. The average Bonchev–Trinajstić information content (AvgIpc) is 2.71. The number of carbonyl (C=O) groups excluding carboxylic acids is 2. The van der Waals surface area contributed by atoms with E-state index in [0.717, 1.165) is 12.0 Å². The van der Waals surface area contributed by atoms with Gasteiger partial charge in [-0.1, -0.05) is 43.3 Å². The SMILES string of the molecule is CCc1ccc(C(=O)COC(=O)CCn2cnc3ccccc3c2=O)cc1. The largest absolute Gasteiger partial charge is 0.457 e. The molecule has 0 saturated carbocycles. The Morgan fingerprint density at radius 2 is 1.81 bits per heavy atom. The molecule has 0 atom stereocenters. The molecule has 0 aliphatic carbocycles. The fraction of sp³-hybridized carbons (Fsp3) is 0.238. The van der Waals surface area contributed by atoms with E-state index in [-0.39, 0.29) is 30.9 Å². The molecule has 0 fully saturated rings. The van der Waals surface area contributed by atoms with Crippen LogP contribution in [0, 0.1) is 0 Å². The van der Waals surface area contributed by atoms with Gasteiger partial charge in [0.15, 0.2) is 12.4 Å². The molecule has 0 N–H and O–H groups in total. The second-order valence-corrected chi connectivity index (χ2v) is 6.14. The summed E-state index contributed by atoms with van der Waals surface area (Å²) in [6.07, 6.45) is 2.30. The highest BCUT2D eigenvalue weighted by atomic mass is 16.5. The lowest BCUT2D eigenvalue weighted by molar-refractivity contribution is -0.142. The van der Waals surface area contributed by atoms with Gasteiger partial charge in [-0.25, -0.2) is 4.98 Å². The monoisotopic (exact) mass is 364 g/mol. The van der Waals surface area contributed by atoms with Crippen LogP contribution in [0.15, 0.2) is 59.7 Å². The Hall–Kier alpha value is -3.28. The number of hydrogen-bond donors (Lipinski definition) is 0. The van der Waals surface area contributed by atoms with E-state index >= 15 is 0 Å². The molecule has 138 valence electrons. The van der Waals surface area contributed by atoms with Crippen LogP contribution in [0.2, 0.25) is 0 Å². The van der Waals surface area contributed by atoms with Crippen molar-refractivity contribution >= 4 is 22.7 Å². The van der Waals surface area contributed by atoms with Crippen LogP contribution >= 0.6 is 0 Å². The first kappa shape index (κ1) is 18.5. The van der Waals surface area contributed by atoms with Crippen molar-refractivity contribution in [3.63, 3.8) is 0 Å². The number of ether oxygens (including phenoxy) is 1. The fourth-order valence-corrected chi connectivity index (χ4v) is 2.71. The Labute approximate surface area is 156 Å². The standard InChI is InChI=1S/C21H20N2O4/c1-2-15-7-9-16(10-8-15)19(24)13-27-20(25)11-12-23-14-22-18-6-4-3-5-17(18)21(23)26/h3-10,14H,2,11-13H2,1H3. The van der Waals surface area contributed by atoms with Crippen LogP contribution in [-0.4, -0.2) is 27.9 Å². The van der Waals surface area contributed by atoms with Gasteiger partial charge >= 0.3 is 5.97 Å². The Bertz CT molecular complexity index is 1020. The molecular weight excluding hydrogens is 344 g/mol. The van der Waals surface area contributed by atoms with Crippen molar-refractivity contribution in [2.75, 3.05) is 6.61 Å². The van der Waals surface area contributed by atoms with Crippen LogP contribution in [0.1, 0.15) is 29.3 Å². The zero-order valence-corrected chi connectivity index (χ0v) is 15.1. The van der Waals surface area contributed by atoms with E-state index in [1.165, 1.54) is 10.9 Å². The number of carbonyl (C=O) groups is 2. The van der Waals surface area contributed by atoms with Crippen LogP contribution in [0.3, 0.4) is 0 Å². The number of rotatable bonds is 7. The van der Waals surface area contributed by atoms with Gasteiger partial charge in [0.2, 0.25) is 0 Å². The van der Waals surface area contributed by atoms with Gasteiger partial charge in [0.1, 0.15) is 0 Å². The van der Waals surface area contributed by atoms with E-state index in [4.69, 9.17) is 4.74 Å². The zero-order valence-electron chi connectivity index (χ0n) is 15.1. The summed E-state index contributed by atoms with van der Waals surface area (Å²) in [7, 11) is 0. The number of esters is 1. The summed E-state index contributed by atoms with van der Waals surface area (Å²) < 4.78 is 6.41. The lowest BCUT2D eigenvalue weighted by Crippen LogP contribution is -2.23. The van der Waals surface area contributed by atoms with Crippen molar-refractivity contribution in [1.29, 1.82) is 0 Å². The summed E-state index contributed by atoms with van der Waals surface area (Å²) >= 11 is 0. The topological polar surface area (TPSA) is 78.3 Å². The molecule has 0 saturated heterocycles. The molecule has 0 spiro atoms.